The minimum Gasteiger partial charge on any atom is -0.288 e. The van der Waals surface area contributed by atoms with Gasteiger partial charge in [-0.15, -0.1) is 5.10 Å². The molecule has 182 valence electrons. The second kappa shape index (κ2) is 9.04. The monoisotopic (exact) mass is 515 g/mol. The number of carbonyl (C=O) groups is 1. The number of amides is 1. The number of anilines is 1. The molecule has 0 aliphatic rings. The first-order chi connectivity index (χ1) is 17.2. The van der Waals surface area contributed by atoms with Gasteiger partial charge in [-0.05, 0) is 48.0 Å². The first kappa shape index (κ1) is 23.4. The van der Waals surface area contributed by atoms with Crippen LogP contribution in [0.4, 0.5) is 23.5 Å². The van der Waals surface area contributed by atoms with Crippen LogP contribution in [0.15, 0.2) is 67.0 Å². The molecule has 0 aliphatic carbocycles. The predicted molar refractivity (Wildman–Crippen MR) is 122 cm³/mol. The van der Waals surface area contributed by atoms with E-state index in [9.17, 15) is 22.4 Å². The van der Waals surface area contributed by atoms with Crippen molar-refractivity contribution >= 4 is 29.1 Å². The highest BCUT2D eigenvalue weighted by atomic mass is 35.5. The second-order valence-corrected chi connectivity index (χ2v) is 8.11. The van der Waals surface area contributed by atoms with Crippen molar-refractivity contribution in [2.24, 2.45) is 0 Å². The zero-order valence-corrected chi connectivity index (χ0v) is 18.8. The van der Waals surface area contributed by atoms with Gasteiger partial charge in [0.05, 0.1) is 12.2 Å². The number of alkyl halides is 3. The first-order valence-electron chi connectivity index (χ1n) is 10.3. The summed E-state index contributed by atoms with van der Waals surface area (Å²) in [4.78, 5) is 20.9. The summed E-state index contributed by atoms with van der Waals surface area (Å²) in [6, 6.07) is 13.8. The summed E-state index contributed by atoms with van der Waals surface area (Å²) in [5.41, 5.74) is -0.563. The molecule has 0 radical (unpaired) electrons. The lowest BCUT2D eigenvalue weighted by Gasteiger charge is -2.11. The van der Waals surface area contributed by atoms with E-state index in [4.69, 9.17) is 11.6 Å². The van der Waals surface area contributed by atoms with E-state index in [1.165, 1.54) is 23.1 Å². The van der Waals surface area contributed by atoms with Gasteiger partial charge in [-0.3, -0.25) is 10.1 Å². The molecule has 0 fully saturated rings. The van der Waals surface area contributed by atoms with Crippen molar-refractivity contribution in [3.63, 3.8) is 0 Å². The van der Waals surface area contributed by atoms with Gasteiger partial charge in [0.25, 0.3) is 5.91 Å². The molecule has 3 aromatic heterocycles. The summed E-state index contributed by atoms with van der Waals surface area (Å²) in [6.45, 7) is 0.361. The molecule has 0 saturated heterocycles. The maximum absolute atomic E-state index is 13.8. The Balaban J connectivity index is 1.42. The molecule has 0 saturated carbocycles. The summed E-state index contributed by atoms with van der Waals surface area (Å²) in [7, 11) is 0. The van der Waals surface area contributed by atoms with Crippen LogP contribution in [0.25, 0.3) is 16.9 Å². The molecule has 3 heterocycles. The number of hydrogen-bond donors (Lipinski definition) is 1. The van der Waals surface area contributed by atoms with Crippen LogP contribution < -0.4 is 5.32 Å². The molecule has 13 heteroatoms. The smallest absolute Gasteiger partial charge is 0.288 e. The Morgan fingerprint density at radius 1 is 1.00 bits per heavy atom. The Bertz CT molecular complexity index is 1560. The van der Waals surface area contributed by atoms with Crippen molar-refractivity contribution in [3.8, 4) is 11.3 Å². The number of benzene rings is 2. The van der Waals surface area contributed by atoms with Crippen molar-refractivity contribution in [1.29, 1.82) is 0 Å². The lowest BCUT2D eigenvalue weighted by molar-refractivity contribution is -0.142. The third-order valence-electron chi connectivity index (χ3n) is 5.11. The van der Waals surface area contributed by atoms with Crippen LogP contribution in [0.5, 0.6) is 0 Å². The SMILES string of the molecule is O=C(Nc1ncn(Cc2ccc(Cl)cc2)n1)c1cc2nc(-c3ccc(F)cc3)cc(C(F)(F)F)n2n1. The molecule has 36 heavy (non-hydrogen) atoms. The van der Waals surface area contributed by atoms with Gasteiger partial charge in [0.15, 0.2) is 17.0 Å². The van der Waals surface area contributed by atoms with E-state index in [1.54, 1.807) is 12.1 Å². The summed E-state index contributed by atoms with van der Waals surface area (Å²) in [5.74, 6) is -1.41. The third kappa shape index (κ3) is 4.89. The summed E-state index contributed by atoms with van der Waals surface area (Å²) in [6.07, 6.45) is -3.40. The van der Waals surface area contributed by atoms with Crippen LogP contribution in [0.3, 0.4) is 0 Å². The van der Waals surface area contributed by atoms with Gasteiger partial charge in [-0.2, -0.15) is 18.3 Å². The van der Waals surface area contributed by atoms with Crippen LogP contribution in [-0.4, -0.2) is 35.3 Å². The Morgan fingerprint density at radius 3 is 2.42 bits per heavy atom. The standard InChI is InChI=1S/C23H14ClF4N7O/c24-15-5-1-13(2-6-15)11-34-12-29-22(33-34)31-21(36)18-10-20-30-17(14-3-7-16(25)8-4-14)9-19(23(26,27)28)35(20)32-18/h1-10,12H,11H2,(H,31,33,36). The lowest BCUT2D eigenvalue weighted by atomic mass is 10.1. The highest BCUT2D eigenvalue weighted by molar-refractivity contribution is 6.30. The van der Waals surface area contributed by atoms with Crippen LogP contribution in [0, 0.1) is 5.82 Å². The van der Waals surface area contributed by atoms with Crippen molar-refractivity contribution in [2.45, 2.75) is 12.7 Å². The number of fused-ring (bicyclic) bond motifs is 1. The number of hydrogen-bond acceptors (Lipinski definition) is 5. The van der Waals surface area contributed by atoms with Crippen LogP contribution in [0.1, 0.15) is 21.7 Å². The van der Waals surface area contributed by atoms with Gasteiger partial charge in [-0.25, -0.2) is 23.6 Å². The molecule has 1 N–H and O–H groups in total. The molecule has 0 bridgehead atoms. The van der Waals surface area contributed by atoms with Crippen molar-refractivity contribution in [1.82, 2.24) is 29.4 Å². The molecular formula is C23H14ClF4N7O. The number of nitrogens with zero attached hydrogens (tertiary/aromatic N) is 6. The van der Waals surface area contributed by atoms with Gasteiger partial charge in [0.1, 0.15) is 12.1 Å². The number of halogens is 5. The quantitative estimate of drug-likeness (QED) is 0.329. The zero-order valence-electron chi connectivity index (χ0n) is 18.0. The highest BCUT2D eigenvalue weighted by Crippen LogP contribution is 2.32. The van der Waals surface area contributed by atoms with Crippen LogP contribution >= 0.6 is 11.6 Å². The summed E-state index contributed by atoms with van der Waals surface area (Å²) >= 11 is 5.87. The first-order valence-corrected chi connectivity index (χ1v) is 10.7. The highest BCUT2D eigenvalue weighted by Gasteiger charge is 2.35. The molecule has 5 rings (SSSR count). The van der Waals surface area contributed by atoms with Crippen molar-refractivity contribution in [2.75, 3.05) is 5.32 Å². The van der Waals surface area contributed by atoms with Gasteiger partial charge < -0.3 is 0 Å². The minimum atomic E-state index is -4.79. The minimum absolute atomic E-state index is 0.0516. The van der Waals surface area contributed by atoms with Crippen molar-refractivity contribution < 1.29 is 22.4 Å². The molecule has 5 aromatic rings. The molecule has 1 amide bonds. The molecule has 0 unspecified atom stereocenters. The average molecular weight is 516 g/mol. The van der Waals surface area contributed by atoms with Gasteiger partial charge >= 0.3 is 6.18 Å². The Kier molecular flexibility index (Phi) is 5.88. The molecule has 0 aliphatic heterocycles. The number of carbonyl (C=O) groups excluding carboxylic acids is 1. The fourth-order valence-electron chi connectivity index (χ4n) is 3.43. The molecule has 2 aromatic carbocycles. The molecule has 0 spiro atoms. The van der Waals surface area contributed by atoms with Gasteiger partial charge in [0, 0.05) is 16.7 Å². The van der Waals surface area contributed by atoms with E-state index in [2.05, 4.69) is 25.5 Å². The van der Waals surface area contributed by atoms with Crippen molar-refractivity contribution in [3.05, 3.63) is 94.8 Å². The molecule has 8 nitrogen and oxygen atoms in total. The van der Waals surface area contributed by atoms with Crippen LogP contribution in [0.2, 0.25) is 5.02 Å². The second-order valence-electron chi connectivity index (χ2n) is 7.68. The van der Waals surface area contributed by atoms with E-state index in [0.717, 1.165) is 29.8 Å². The largest absolute Gasteiger partial charge is 0.433 e. The lowest BCUT2D eigenvalue weighted by Crippen LogP contribution is -2.16. The van der Waals surface area contributed by atoms with E-state index in [0.29, 0.717) is 16.1 Å². The molecular weight excluding hydrogens is 502 g/mol. The van der Waals surface area contributed by atoms with Gasteiger partial charge in [0.2, 0.25) is 5.95 Å². The maximum atomic E-state index is 13.8. The third-order valence-corrected chi connectivity index (χ3v) is 5.36. The fourth-order valence-corrected chi connectivity index (χ4v) is 3.55. The summed E-state index contributed by atoms with van der Waals surface area (Å²) in [5, 5.41) is 10.9. The topological polar surface area (TPSA) is 90.0 Å². The zero-order chi connectivity index (χ0) is 25.4. The van der Waals surface area contributed by atoms with Gasteiger partial charge in [-0.1, -0.05) is 23.7 Å². The van der Waals surface area contributed by atoms with E-state index >= 15 is 0 Å². The molecule has 0 atom stereocenters. The predicted octanol–water partition coefficient (Wildman–Crippen LogP) is 5.10. The van der Waals surface area contributed by atoms with E-state index in [1.807, 2.05) is 12.1 Å². The Labute approximate surface area is 205 Å². The van der Waals surface area contributed by atoms with E-state index in [-0.39, 0.29) is 28.5 Å². The Morgan fingerprint density at radius 2 is 1.72 bits per heavy atom. The number of nitrogens with one attached hydrogen (secondary N) is 1. The Hall–Kier alpha value is -4.32. The van der Waals surface area contributed by atoms with Crippen LogP contribution in [-0.2, 0) is 12.7 Å². The summed E-state index contributed by atoms with van der Waals surface area (Å²) < 4.78 is 56.5. The van der Waals surface area contributed by atoms with E-state index < -0.39 is 23.6 Å². The maximum Gasteiger partial charge on any atom is 0.433 e. The number of aromatic nitrogens is 6. The normalized spacial score (nSPS) is 11.7. The number of rotatable bonds is 5. The average Bonchev–Trinajstić information content (AvgIpc) is 3.46. The fraction of sp³-hybridized carbons (Fsp3) is 0.0870.